The van der Waals surface area contributed by atoms with E-state index in [4.69, 9.17) is 21.3 Å². The zero-order valence-electron chi connectivity index (χ0n) is 11.1. The van der Waals surface area contributed by atoms with Gasteiger partial charge in [-0.2, -0.15) is 0 Å². The molecule has 1 atom stereocenters. The fraction of sp³-hybridized carbons (Fsp3) is 0.308. The number of carbonyl (C=O) groups is 3. The van der Waals surface area contributed by atoms with Gasteiger partial charge in [0.2, 0.25) is 11.8 Å². The van der Waals surface area contributed by atoms with E-state index >= 15 is 0 Å². The molecule has 1 aromatic rings. The highest BCUT2D eigenvalue weighted by Crippen LogP contribution is 2.35. The topological polar surface area (TPSA) is 136 Å². The van der Waals surface area contributed by atoms with Gasteiger partial charge in [0.15, 0.2) is 5.75 Å². The molecule has 0 aliphatic carbocycles. The van der Waals surface area contributed by atoms with E-state index in [9.17, 15) is 14.4 Å². The smallest absolute Gasteiger partial charge is 0.339 e. The third-order valence-electron chi connectivity index (χ3n) is 3.08. The van der Waals surface area contributed by atoms with E-state index in [-0.39, 0.29) is 30.9 Å². The highest BCUT2D eigenvalue weighted by atomic mass is 16.5. The molecule has 1 aliphatic rings. The average molecular weight is 293 g/mol. The van der Waals surface area contributed by atoms with Crippen molar-refractivity contribution in [2.75, 3.05) is 18.1 Å². The van der Waals surface area contributed by atoms with Crippen LogP contribution in [0.1, 0.15) is 16.8 Å². The highest BCUT2D eigenvalue weighted by Gasteiger charge is 2.30. The molecule has 0 fully saturated rings. The third kappa shape index (κ3) is 2.95. The third-order valence-corrected chi connectivity index (χ3v) is 3.08. The second kappa shape index (κ2) is 5.80. The van der Waals surface area contributed by atoms with E-state index < -0.39 is 23.8 Å². The van der Waals surface area contributed by atoms with Crippen molar-refractivity contribution in [2.45, 2.75) is 12.5 Å². The molecule has 0 radical (unpaired) electrons. The Bertz CT molecular complexity index is 601. The number of ether oxygens (including phenoxy) is 1. The molecule has 1 unspecified atom stereocenters. The molecule has 1 aliphatic heterocycles. The van der Waals surface area contributed by atoms with Crippen LogP contribution < -0.4 is 21.1 Å². The number of benzene rings is 1. The predicted octanol–water partition coefficient (Wildman–Crippen LogP) is -0.687. The van der Waals surface area contributed by atoms with Crippen molar-refractivity contribution in [2.24, 2.45) is 11.5 Å². The number of amides is 2. The van der Waals surface area contributed by atoms with Gasteiger partial charge in [-0.25, -0.2) is 4.79 Å². The number of rotatable bonds is 4. The van der Waals surface area contributed by atoms with Gasteiger partial charge in [-0.15, -0.1) is 0 Å². The Kier molecular flexibility index (Phi) is 4.08. The second-order valence-electron chi connectivity index (χ2n) is 4.57. The van der Waals surface area contributed by atoms with E-state index in [1.165, 1.54) is 17.0 Å². The molecule has 2 rings (SSSR count). The van der Waals surface area contributed by atoms with Crippen molar-refractivity contribution in [3.63, 3.8) is 0 Å². The Labute approximate surface area is 120 Å². The monoisotopic (exact) mass is 293 g/mol. The van der Waals surface area contributed by atoms with Crippen LogP contribution in [0.3, 0.4) is 0 Å². The average Bonchev–Trinajstić information content (AvgIpc) is 2.44. The Morgan fingerprint density at radius 2 is 2.10 bits per heavy atom. The van der Waals surface area contributed by atoms with Crippen LogP contribution in [0.5, 0.6) is 5.75 Å². The van der Waals surface area contributed by atoms with Crippen LogP contribution in [0.2, 0.25) is 0 Å². The molecule has 8 heteroatoms. The van der Waals surface area contributed by atoms with Crippen LogP contribution in [0.15, 0.2) is 18.2 Å². The molecular formula is C13H15N3O5. The number of anilines is 1. The molecule has 21 heavy (non-hydrogen) atoms. The van der Waals surface area contributed by atoms with Gasteiger partial charge in [0, 0.05) is 0 Å². The zero-order valence-corrected chi connectivity index (χ0v) is 11.1. The summed E-state index contributed by atoms with van der Waals surface area (Å²) in [6, 6.07) is 3.40. The predicted molar refractivity (Wildman–Crippen MR) is 73.0 cm³/mol. The van der Waals surface area contributed by atoms with Gasteiger partial charge < -0.3 is 26.2 Å². The second-order valence-corrected chi connectivity index (χ2v) is 4.57. The van der Waals surface area contributed by atoms with Gasteiger partial charge in [0.1, 0.15) is 12.2 Å². The lowest BCUT2D eigenvalue weighted by molar-refractivity contribution is -0.124. The van der Waals surface area contributed by atoms with Gasteiger partial charge in [0.25, 0.3) is 0 Å². The molecular weight excluding hydrogens is 278 g/mol. The van der Waals surface area contributed by atoms with Gasteiger partial charge in [-0.3, -0.25) is 9.59 Å². The molecule has 1 aromatic carbocycles. The first kappa shape index (κ1) is 14.8. The van der Waals surface area contributed by atoms with E-state index in [2.05, 4.69) is 0 Å². The molecule has 2 amide bonds. The van der Waals surface area contributed by atoms with Crippen molar-refractivity contribution in [3.8, 4) is 5.75 Å². The Balaban J connectivity index is 2.34. The molecule has 112 valence electrons. The Morgan fingerprint density at radius 3 is 2.71 bits per heavy atom. The number of aromatic carboxylic acids is 1. The first-order chi connectivity index (χ1) is 9.91. The molecule has 0 saturated carbocycles. The van der Waals surface area contributed by atoms with E-state index in [0.29, 0.717) is 5.69 Å². The molecule has 0 aromatic heterocycles. The van der Waals surface area contributed by atoms with Crippen molar-refractivity contribution < 1.29 is 24.2 Å². The summed E-state index contributed by atoms with van der Waals surface area (Å²) < 4.78 is 5.35. The zero-order chi connectivity index (χ0) is 15.6. The number of nitrogens with zero attached hydrogens (tertiary/aromatic N) is 1. The SMILES string of the molecule is NC(=O)CC(N)C(=O)N1CCOc2c(C(=O)O)cccc21. The number of hydrogen-bond donors (Lipinski definition) is 3. The Morgan fingerprint density at radius 1 is 1.38 bits per heavy atom. The highest BCUT2D eigenvalue weighted by molar-refractivity contribution is 6.03. The lowest BCUT2D eigenvalue weighted by atomic mass is 10.1. The standard InChI is InChI=1S/C13H15N3O5/c14-8(6-10(15)17)12(18)16-4-5-21-11-7(13(19)20)2-1-3-9(11)16/h1-3,8H,4-6,14H2,(H2,15,17)(H,19,20). The number of primary amides is 1. The van der Waals surface area contributed by atoms with Crippen molar-refractivity contribution in [1.82, 2.24) is 0 Å². The van der Waals surface area contributed by atoms with Crippen molar-refractivity contribution >= 4 is 23.5 Å². The number of para-hydroxylation sites is 1. The minimum Gasteiger partial charge on any atom is -0.489 e. The molecule has 0 saturated heterocycles. The quantitative estimate of drug-likeness (QED) is 0.672. The van der Waals surface area contributed by atoms with Gasteiger partial charge in [-0.1, -0.05) is 6.07 Å². The lowest BCUT2D eigenvalue weighted by Crippen LogP contribution is -2.48. The number of nitrogens with two attached hydrogens (primary N) is 2. The molecule has 0 spiro atoms. The fourth-order valence-corrected chi connectivity index (χ4v) is 2.15. The maximum atomic E-state index is 12.3. The van der Waals surface area contributed by atoms with Crippen LogP contribution in [0.25, 0.3) is 0 Å². The van der Waals surface area contributed by atoms with E-state index in [1.807, 2.05) is 0 Å². The summed E-state index contributed by atoms with van der Waals surface area (Å²) in [6.45, 7) is 0.369. The fourth-order valence-electron chi connectivity index (χ4n) is 2.15. The summed E-state index contributed by atoms with van der Waals surface area (Å²) >= 11 is 0. The van der Waals surface area contributed by atoms with E-state index in [0.717, 1.165) is 0 Å². The van der Waals surface area contributed by atoms with Crippen molar-refractivity contribution in [1.29, 1.82) is 0 Å². The van der Waals surface area contributed by atoms with Crippen LogP contribution in [0, 0.1) is 0 Å². The molecule has 0 bridgehead atoms. The Hall–Kier alpha value is -2.61. The van der Waals surface area contributed by atoms with E-state index in [1.54, 1.807) is 6.07 Å². The minimum absolute atomic E-state index is 0.0338. The van der Waals surface area contributed by atoms with Gasteiger partial charge in [-0.05, 0) is 12.1 Å². The normalized spacial score (nSPS) is 14.8. The number of carbonyl (C=O) groups excluding carboxylic acids is 2. The lowest BCUT2D eigenvalue weighted by Gasteiger charge is -2.31. The summed E-state index contributed by atoms with van der Waals surface area (Å²) in [4.78, 5) is 35.6. The molecule has 8 nitrogen and oxygen atoms in total. The summed E-state index contributed by atoms with van der Waals surface area (Å²) in [5.41, 5.74) is 11.0. The maximum absolute atomic E-state index is 12.3. The minimum atomic E-state index is -1.15. The number of fused-ring (bicyclic) bond motifs is 1. The first-order valence-electron chi connectivity index (χ1n) is 6.26. The summed E-state index contributed by atoms with van der Waals surface area (Å²) in [5, 5.41) is 9.12. The van der Waals surface area contributed by atoms with Gasteiger partial charge >= 0.3 is 5.97 Å². The van der Waals surface area contributed by atoms with Crippen LogP contribution >= 0.6 is 0 Å². The number of carboxylic acids is 1. The van der Waals surface area contributed by atoms with Gasteiger partial charge in [0.05, 0.1) is 24.7 Å². The van der Waals surface area contributed by atoms with Crippen LogP contribution in [-0.4, -0.2) is 42.1 Å². The maximum Gasteiger partial charge on any atom is 0.339 e. The number of hydrogen-bond acceptors (Lipinski definition) is 5. The van der Waals surface area contributed by atoms with Crippen molar-refractivity contribution in [3.05, 3.63) is 23.8 Å². The summed E-state index contributed by atoms with van der Waals surface area (Å²) in [7, 11) is 0. The first-order valence-corrected chi connectivity index (χ1v) is 6.26. The summed E-state index contributed by atoms with van der Waals surface area (Å²) in [5.74, 6) is -2.21. The largest absolute Gasteiger partial charge is 0.489 e. The molecule has 1 heterocycles. The van der Waals surface area contributed by atoms with Crippen LogP contribution in [0.4, 0.5) is 5.69 Å². The number of carboxylic acid groups (broad SMARTS) is 1. The molecule has 5 N–H and O–H groups in total. The summed E-state index contributed by atoms with van der Waals surface area (Å²) in [6.07, 6.45) is -0.274. The van der Waals surface area contributed by atoms with Crippen LogP contribution in [-0.2, 0) is 9.59 Å².